The van der Waals surface area contributed by atoms with Crippen molar-refractivity contribution in [3.63, 3.8) is 0 Å². The van der Waals surface area contributed by atoms with Crippen LogP contribution in [0.25, 0.3) is 0 Å². The molecule has 0 aliphatic heterocycles. The second-order valence-electron chi connectivity index (χ2n) is 2.17. The molecule has 0 aromatic rings. The number of hydrogen-bond donors (Lipinski definition) is 0. The normalized spacial score (nSPS) is 9.33. The summed E-state index contributed by atoms with van der Waals surface area (Å²) >= 11 is 5.60. The van der Waals surface area contributed by atoms with Gasteiger partial charge in [-0.3, -0.25) is 0 Å². The highest BCUT2D eigenvalue weighted by atomic mass is 35.5. The van der Waals surface area contributed by atoms with E-state index in [0.29, 0.717) is 12.5 Å². The van der Waals surface area contributed by atoms with Crippen LogP contribution in [0.15, 0.2) is 11.1 Å². The zero-order valence-corrected chi connectivity index (χ0v) is 6.96. The van der Waals surface area contributed by atoms with Crippen LogP contribution < -0.4 is 0 Å². The fraction of sp³-hybridized carbons (Fsp3) is 0.714. The van der Waals surface area contributed by atoms with Crippen molar-refractivity contribution >= 4 is 11.6 Å². The fourth-order valence-electron chi connectivity index (χ4n) is 0.491. The Morgan fingerprint density at radius 2 is 2.00 bits per heavy atom. The molecule has 0 aliphatic carbocycles. The molecular formula is C7H13ClO. The summed E-state index contributed by atoms with van der Waals surface area (Å²) in [6.07, 6.45) is 0. The van der Waals surface area contributed by atoms with E-state index in [1.165, 1.54) is 11.1 Å². The molecule has 1 nitrogen and oxygen atoms in total. The Morgan fingerprint density at radius 1 is 1.44 bits per heavy atom. The quantitative estimate of drug-likeness (QED) is 0.441. The van der Waals surface area contributed by atoms with E-state index in [1.807, 2.05) is 13.8 Å². The van der Waals surface area contributed by atoms with Crippen LogP contribution in [0.3, 0.4) is 0 Å². The van der Waals surface area contributed by atoms with Crippen LogP contribution in [0, 0.1) is 0 Å². The van der Waals surface area contributed by atoms with Crippen LogP contribution in [0.5, 0.6) is 0 Å². The number of rotatable bonds is 3. The molecular weight excluding hydrogens is 136 g/mol. The summed E-state index contributed by atoms with van der Waals surface area (Å²) in [5.41, 5.74) is 2.44. The summed E-state index contributed by atoms with van der Waals surface area (Å²) in [7, 11) is 1.68. The van der Waals surface area contributed by atoms with Gasteiger partial charge in [-0.2, -0.15) is 0 Å². The number of allylic oxidation sites excluding steroid dienone is 1. The molecule has 0 saturated carbocycles. The molecule has 0 atom stereocenters. The van der Waals surface area contributed by atoms with Crippen LogP contribution in [-0.2, 0) is 4.74 Å². The molecule has 0 heterocycles. The molecule has 0 fully saturated rings. The Hall–Kier alpha value is -0.0100. The molecule has 0 aromatic heterocycles. The summed E-state index contributed by atoms with van der Waals surface area (Å²) in [5, 5.41) is 0. The third-order valence-corrected chi connectivity index (χ3v) is 1.51. The van der Waals surface area contributed by atoms with E-state index in [-0.39, 0.29) is 0 Å². The number of methoxy groups -OCH3 is 1. The molecule has 2 heteroatoms. The van der Waals surface area contributed by atoms with Gasteiger partial charge in [0.1, 0.15) is 0 Å². The van der Waals surface area contributed by atoms with E-state index in [0.717, 1.165) is 0 Å². The number of alkyl halides is 1. The van der Waals surface area contributed by atoms with Crippen LogP contribution in [0.4, 0.5) is 0 Å². The third-order valence-electron chi connectivity index (χ3n) is 1.19. The molecule has 0 aromatic carbocycles. The topological polar surface area (TPSA) is 9.23 Å². The Kier molecular flexibility index (Phi) is 4.83. The lowest BCUT2D eigenvalue weighted by atomic mass is 10.2. The summed E-state index contributed by atoms with van der Waals surface area (Å²) in [6.45, 7) is 4.74. The van der Waals surface area contributed by atoms with Crippen molar-refractivity contribution in [3.8, 4) is 0 Å². The number of hydrogen-bond acceptors (Lipinski definition) is 1. The lowest BCUT2D eigenvalue weighted by Crippen LogP contribution is -1.97. The fourth-order valence-corrected chi connectivity index (χ4v) is 0.835. The van der Waals surface area contributed by atoms with Gasteiger partial charge in [-0.15, -0.1) is 11.6 Å². The van der Waals surface area contributed by atoms with Gasteiger partial charge in [0.15, 0.2) is 0 Å². The largest absolute Gasteiger partial charge is 0.380 e. The lowest BCUT2D eigenvalue weighted by Gasteiger charge is -2.02. The van der Waals surface area contributed by atoms with E-state index in [4.69, 9.17) is 16.3 Å². The molecule has 0 aliphatic rings. The van der Waals surface area contributed by atoms with Gasteiger partial charge in [0.05, 0.1) is 6.61 Å². The van der Waals surface area contributed by atoms with Gasteiger partial charge in [-0.1, -0.05) is 5.57 Å². The van der Waals surface area contributed by atoms with Crippen molar-refractivity contribution in [1.29, 1.82) is 0 Å². The van der Waals surface area contributed by atoms with E-state index in [9.17, 15) is 0 Å². The first kappa shape index (κ1) is 8.99. The zero-order valence-electron chi connectivity index (χ0n) is 6.20. The van der Waals surface area contributed by atoms with E-state index >= 15 is 0 Å². The first-order valence-electron chi connectivity index (χ1n) is 2.92. The molecule has 0 amide bonds. The SMILES string of the molecule is COCC(CCl)=C(C)C. The summed E-state index contributed by atoms with van der Waals surface area (Å²) in [6, 6.07) is 0. The van der Waals surface area contributed by atoms with Gasteiger partial charge in [-0.05, 0) is 19.4 Å². The van der Waals surface area contributed by atoms with Crippen molar-refractivity contribution < 1.29 is 4.74 Å². The summed E-state index contributed by atoms with van der Waals surface area (Å²) in [5.74, 6) is 0.580. The first-order valence-corrected chi connectivity index (χ1v) is 3.46. The van der Waals surface area contributed by atoms with Crippen molar-refractivity contribution in [2.24, 2.45) is 0 Å². The molecule has 0 unspecified atom stereocenters. The average Bonchev–Trinajstić information content (AvgIpc) is 1.82. The first-order chi connectivity index (χ1) is 4.22. The molecule has 0 bridgehead atoms. The highest BCUT2D eigenvalue weighted by Gasteiger charge is 1.94. The molecule has 0 rings (SSSR count). The predicted octanol–water partition coefficient (Wildman–Crippen LogP) is 2.21. The minimum Gasteiger partial charge on any atom is -0.380 e. The van der Waals surface area contributed by atoms with Crippen LogP contribution >= 0.6 is 11.6 Å². The highest BCUT2D eigenvalue weighted by molar-refractivity contribution is 6.19. The maximum Gasteiger partial charge on any atom is 0.0687 e. The maximum absolute atomic E-state index is 5.60. The number of halogens is 1. The minimum atomic E-state index is 0.580. The molecule has 0 saturated heterocycles. The van der Waals surface area contributed by atoms with Gasteiger partial charge >= 0.3 is 0 Å². The van der Waals surface area contributed by atoms with Gasteiger partial charge in [0.2, 0.25) is 0 Å². The van der Waals surface area contributed by atoms with Crippen molar-refractivity contribution in [1.82, 2.24) is 0 Å². The standard InChI is InChI=1S/C7H13ClO/c1-6(2)7(4-8)5-9-3/h4-5H2,1-3H3. The number of ether oxygens (including phenoxy) is 1. The monoisotopic (exact) mass is 148 g/mol. The predicted molar refractivity (Wildman–Crippen MR) is 41.0 cm³/mol. The van der Waals surface area contributed by atoms with E-state index < -0.39 is 0 Å². The second kappa shape index (κ2) is 4.83. The Labute approximate surface area is 61.7 Å². The van der Waals surface area contributed by atoms with Crippen LogP contribution in [0.2, 0.25) is 0 Å². The minimum absolute atomic E-state index is 0.580. The Balaban J connectivity index is 3.83. The van der Waals surface area contributed by atoms with Gasteiger partial charge in [0.25, 0.3) is 0 Å². The highest BCUT2D eigenvalue weighted by Crippen LogP contribution is 2.04. The van der Waals surface area contributed by atoms with Gasteiger partial charge < -0.3 is 4.74 Å². The van der Waals surface area contributed by atoms with E-state index in [2.05, 4.69) is 0 Å². The zero-order chi connectivity index (χ0) is 7.28. The van der Waals surface area contributed by atoms with Crippen molar-refractivity contribution in [2.75, 3.05) is 19.6 Å². The smallest absolute Gasteiger partial charge is 0.0687 e. The van der Waals surface area contributed by atoms with Gasteiger partial charge in [-0.25, -0.2) is 0 Å². The van der Waals surface area contributed by atoms with Crippen LogP contribution in [0.1, 0.15) is 13.8 Å². The molecule has 9 heavy (non-hydrogen) atoms. The van der Waals surface area contributed by atoms with Crippen LogP contribution in [-0.4, -0.2) is 19.6 Å². The maximum atomic E-state index is 5.60. The second-order valence-corrected chi connectivity index (χ2v) is 2.44. The van der Waals surface area contributed by atoms with Gasteiger partial charge in [0, 0.05) is 13.0 Å². The molecule has 0 spiro atoms. The van der Waals surface area contributed by atoms with E-state index in [1.54, 1.807) is 7.11 Å². The van der Waals surface area contributed by atoms with Crippen molar-refractivity contribution in [2.45, 2.75) is 13.8 Å². The molecule has 0 radical (unpaired) electrons. The average molecular weight is 149 g/mol. The Morgan fingerprint density at radius 3 is 2.11 bits per heavy atom. The lowest BCUT2D eigenvalue weighted by molar-refractivity contribution is 0.225. The third kappa shape index (κ3) is 3.55. The van der Waals surface area contributed by atoms with Crippen molar-refractivity contribution in [3.05, 3.63) is 11.1 Å². The molecule has 0 N–H and O–H groups in total. The molecule has 54 valence electrons. The summed E-state index contributed by atoms with van der Waals surface area (Å²) < 4.78 is 4.91. The summed E-state index contributed by atoms with van der Waals surface area (Å²) in [4.78, 5) is 0. The Bertz CT molecular complexity index is 103.